The minimum atomic E-state index is -0.345. The number of piperazine rings is 1. The highest BCUT2D eigenvalue weighted by molar-refractivity contribution is 6.03. The van der Waals surface area contributed by atoms with Crippen LogP contribution < -0.4 is 4.74 Å². The van der Waals surface area contributed by atoms with Crippen molar-refractivity contribution < 1.29 is 13.9 Å². The lowest BCUT2D eigenvalue weighted by atomic mass is 9.97. The van der Waals surface area contributed by atoms with Crippen molar-refractivity contribution in [1.29, 1.82) is 0 Å². The molecule has 0 aliphatic carbocycles. The first-order valence-electron chi connectivity index (χ1n) is 12.4. The van der Waals surface area contributed by atoms with Gasteiger partial charge in [0.1, 0.15) is 11.6 Å². The van der Waals surface area contributed by atoms with Crippen LogP contribution in [0.5, 0.6) is 5.75 Å². The van der Waals surface area contributed by atoms with Gasteiger partial charge in [0.05, 0.1) is 25.4 Å². The summed E-state index contributed by atoms with van der Waals surface area (Å²) in [6.45, 7) is 4.63. The molecular formula is C29H31FN4O2. The number of halogens is 1. The van der Waals surface area contributed by atoms with E-state index in [2.05, 4.69) is 39.2 Å². The first-order chi connectivity index (χ1) is 17.6. The Morgan fingerprint density at radius 3 is 2.33 bits per heavy atom. The van der Waals surface area contributed by atoms with Crippen molar-refractivity contribution in [3.05, 3.63) is 101 Å². The molecule has 0 aromatic heterocycles. The minimum absolute atomic E-state index is 0.0891. The molecule has 2 aliphatic rings. The third-order valence-corrected chi connectivity index (χ3v) is 6.92. The quantitative estimate of drug-likeness (QED) is 0.499. The molecule has 2 aliphatic heterocycles. The molecule has 3 aromatic carbocycles. The first-order valence-corrected chi connectivity index (χ1v) is 12.4. The standard InChI is InChI=1S/C29H31FN4O2/c1-36-28-14-8-6-12-24(28)27-19-26(23-11-5-7-13-25(23)30)31-34(27)29(35)21-33-17-15-32(16-18-33)20-22-9-3-2-4-10-22/h2-14,27H,15-21H2,1H3. The summed E-state index contributed by atoms with van der Waals surface area (Å²) in [6, 6.07) is 24.4. The minimum Gasteiger partial charge on any atom is -0.496 e. The normalized spacial score (nSPS) is 18.8. The van der Waals surface area contributed by atoms with E-state index in [1.54, 1.807) is 25.3 Å². The molecule has 0 spiro atoms. The zero-order valence-corrected chi connectivity index (χ0v) is 20.5. The summed E-state index contributed by atoms with van der Waals surface area (Å²) in [6.07, 6.45) is 0.428. The van der Waals surface area contributed by atoms with Gasteiger partial charge in [0.25, 0.3) is 5.91 Å². The molecule has 6 nitrogen and oxygen atoms in total. The van der Waals surface area contributed by atoms with Gasteiger partial charge in [-0.15, -0.1) is 0 Å². The van der Waals surface area contributed by atoms with Crippen molar-refractivity contribution in [1.82, 2.24) is 14.8 Å². The van der Waals surface area contributed by atoms with E-state index < -0.39 is 0 Å². The van der Waals surface area contributed by atoms with Gasteiger partial charge in [-0.1, -0.05) is 66.7 Å². The van der Waals surface area contributed by atoms with Gasteiger partial charge < -0.3 is 4.74 Å². The van der Waals surface area contributed by atoms with E-state index in [0.717, 1.165) is 38.3 Å². The number of amides is 1. The Morgan fingerprint density at radius 2 is 1.58 bits per heavy atom. The van der Waals surface area contributed by atoms with Crippen LogP contribution in [-0.4, -0.2) is 66.3 Å². The molecule has 0 bridgehead atoms. The van der Waals surface area contributed by atoms with E-state index in [1.165, 1.54) is 16.6 Å². The Kier molecular flexibility index (Phi) is 7.39. The van der Waals surface area contributed by atoms with E-state index in [1.807, 2.05) is 30.3 Å². The molecule has 36 heavy (non-hydrogen) atoms. The van der Waals surface area contributed by atoms with Gasteiger partial charge in [-0.3, -0.25) is 14.6 Å². The summed E-state index contributed by atoms with van der Waals surface area (Å²) in [5, 5.41) is 6.19. The molecular weight excluding hydrogens is 455 g/mol. The van der Waals surface area contributed by atoms with Crippen LogP contribution in [0.4, 0.5) is 4.39 Å². The second kappa shape index (κ2) is 11.0. The van der Waals surface area contributed by atoms with E-state index in [9.17, 15) is 9.18 Å². The smallest absolute Gasteiger partial charge is 0.257 e. The lowest BCUT2D eigenvalue weighted by Crippen LogP contribution is -2.49. The van der Waals surface area contributed by atoms with E-state index in [4.69, 9.17) is 4.74 Å². The van der Waals surface area contributed by atoms with Gasteiger partial charge in [0, 0.05) is 50.3 Å². The third kappa shape index (κ3) is 5.32. The van der Waals surface area contributed by atoms with Crippen LogP contribution in [0.3, 0.4) is 0 Å². The van der Waals surface area contributed by atoms with Crippen molar-refractivity contribution in [2.45, 2.75) is 19.0 Å². The highest BCUT2D eigenvalue weighted by Crippen LogP contribution is 2.37. The van der Waals surface area contributed by atoms with Crippen LogP contribution in [0, 0.1) is 5.82 Å². The number of para-hydroxylation sites is 1. The van der Waals surface area contributed by atoms with Gasteiger partial charge in [-0.2, -0.15) is 5.10 Å². The van der Waals surface area contributed by atoms with Gasteiger partial charge in [-0.25, -0.2) is 9.40 Å². The summed E-state index contributed by atoms with van der Waals surface area (Å²) in [4.78, 5) is 18.2. The second-order valence-corrected chi connectivity index (χ2v) is 9.26. The van der Waals surface area contributed by atoms with Crippen molar-refractivity contribution in [3.63, 3.8) is 0 Å². The number of ether oxygens (including phenoxy) is 1. The lowest BCUT2D eigenvalue weighted by Gasteiger charge is -2.35. The van der Waals surface area contributed by atoms with Crippen LogP contribution in [0.25, 0.3) is 0 Å². The molecule has 1 fully saturated rings. The molecule has 186 valence electrons. The molecule has 7 heteroatoms. The highest BCUT2D eigenvalue weighted by atomic mass is 19.1. The molecule has 1 saturated heterocycles. The van der Waals surface area contributed by atoms with Crippen LogP contribution in [-0.2, 0) is 11.3 Å². The topological polar surface area (TPSA) is 48.4 Å². The van der Waals surface area contributed by atoms with Gasteiger partial charge in [-0.05, 0) is 17.7 Å². The molecule has 5 rings (SSSR count). The molecule has 0 N–H and O–H groups in total. The molecule has 1 atom stereocenters. The number of carbonyl (C=O) groups is 1. The number of nitrogens with zero attached hydrogens (tertiary/aromatic N) is 4. The number of carbonyl (C=O) groups excluding carboxylic acids is 1. The molecule has 0 radical (unpaired) electrons. The zero-order valence-electron chi connectivity index (χ0n) is 20.5. The number of hydrogen-bond donors (Lipinski definition) is 0. The Hall–Kier alpha value is -3.55. The Balaban J connectivity index is 1.30. The summed E-state index contributed by atoms with van der Waals surface area (Å²) < 4.78 is 20.2. The molecule has 1 unspecified atom stereocenters. The number of methoxy groups -OCH3 is 1. The fourth-order valence-corrected chi connectivity index (χ4v) is 4.99. The van der Waals surface area contributed by atoms with Gasteiger partial charge in [0.2, 0.25) is 0 Å². The van der Waals surface area contributed by atoms with Crippen LogP contribution in [0.15, 0.2) is 84.0 Å². The fourth-order valence-electron chi connectivity index (χ4n) is 4.99. The monoisotopic (exact) mass is 486 g/mol. The number of hydrogen-bond acceptors (Lipinski definition) is 5. The SMILES string of the molecule is COc1ccccc1C1CC(c2ccccc2F)=NN1C(=O)CN1CCN(Cc2ccccc2)CC1. The predicted molar refractivity (Wildman–Crippen MR) is 138 cm³/mol. The van der Waals surface area contributed by atoms with Crippen LogP contribution >= 0.6 is 0 Å². The fraction of sp³-hybridized carbons (Fsp3) is 0.310. The number of benzene rings is 3. The number of rotatable bonds is 7. The Morgan fingerprint density at radius 1 is 0.917 bits per heavy atom. The number of hydrazone groups is 1. The Labute approximate surface area is 211 Å². The molecule has 1 amide bonds. The van der Waals surface area contributed by atoms with Crippen molar-refractivity contribution >= 4 is 11.6 Å². The van der Waals surface area contributed by atoms with E-state index >= 15 is 0 Å². The van der Waals surface area contributed by atoms with Crippen molar-refractivity contribution in [2.24, 2.45) is 5.10 Å². The maximum absolute atomic E-state index is 14.6. The molecule has 2 heterocycles. The third-order valence-electron chi connectivity index (χ3n) is 6.92. The average molecular weight is 487 g/mol. The highest BCUT2D eigenvalue weighted by Gasteiger charge is 2.36. The summed E-state index contributed by atoms with van der Waals surface area (Å²) in [7, 11) is 1.62. The summed E-state index contributed by atoms with van der Waals surface area (Å²) in [5.41, 5.74) is 3.18. The van der Waals surface area contributed by atoms with Crippen LogP contribution in [0.2, 0.25) is 0 Å². The summed E-state index contributed by atoms with van der Waals surface area (Å²) in [5.74, 6) is 0.271. The maximum Gasteiger partial charge on any atom is 0.257 e. The van der Waals surface area contributed by atoms with E-state index in [0.29, 0.717) is 23.4 Å². The van der Waals surface area contributed by atoms with Crippen molar-refractivity contribution in [3.8, 4) is 5.75 Å². The molecule has 3 aromatic rings. The largest absolute Gasteiger partial charge is 0.496 e. The lowest BCUT2D eigenvalue weighted by molar-refractivity contribution is -0.134. The predicted octanol–water partition coefficient (Wildman–Crippen LogP) is 4.33. The molecule has 0 saturated carbocycles. The van der Waals surface area contributed by atoms with Crippen molar-refractivity contribution in [2.75, 3.05) is 39.8 Å². The Bertz CT molecular complexity index is 1220. The summed E-state index contributed by atoms with van der Waals surface area (Å²) >= 11 is 0. The zero-order chi connectivity index (χ0) is 24.9. The van der Waals surface area contributed by atoms with Gasteiger partial charge >= 0.3 is 0 Å². The van der Waals surface area contributed by atoms with E-state index in [-0.39, 0.29) is 24.3 Å². The van der Waals surface area contributed by atoms with Crippen LogP contribution in [0.1, 0.15) is 29.2 Å². The maximum atomic E-state index is 14.6. The second-order valence-electron chi connectivity index (χ2n) is 9.26. The first kappa shape index (κ1) is 24.2. The van der Waals surface area contributed by atoms with Gasteiger partial charge in [0.15, 0.2) is 0 Å². The average Bonchev–Trinajstić information content (AvgIpc) is 3.36.